The second-order valence-electron chi connectivity index (χ2n) is 6.05. The Labute approximate surface area is 150 Å². The summed E-state index contributed by atoms with van der Waals surface area (Å²) in [5.74, 6) is -1.01. The molecule has 1 aromatic rings. The molecule has 2 atom stereocenters. The first-order valence-corrected chi connectivity index (χ1v) is 8.28. The largest absolute Gasteiger partial charge is 0.461 e. The summed E-state index contributed by atoms with van der Waals surface area (Å²) >= 11 is 0. The Balaban J connectivity index is 1.68. The molecule has 1 saturated heterocycles. The van der Waals surface area contributed by atoms with Crippen molar-refractivity contribution in [1.82, 2.24) is 9.55 Å². The zero-order valence-electron chi connectivity index (χ0n) is 14.8. The van der Waals surface area contributed by atoms with E-state index in [1.807, 2.05) is 0 Å². The number of carbonyl (C=O) groups is 2. The van der Waals surface area contributed by atoms with E-state index < -0.39 is 23.9 Å². The zero-order chi connectivity index (χ0) is 19.1. The average molecular weight is 369 g/mol. The summed E-state index contributed by atoms with van der Waals surface area (Å²) < 4.78 is 21.9. The van der Waals surface area contributed by atoms with E-state index in [1.54, 1.807) is 13.8 Å². The fourth-order valence-corrected chi connectivity index (χ4v) is 2.40. The number of rotatable bonds is 8. The smallest absolute Gasteiger partial charge is 0.351 e. The van der Waals surface area contributed by atoms with Gasteiger partial charge in [0.1, 0.15) is 31.9 Å². The Kier molecular flexibility index (Phi) is 7.10. The number of ether oxygens (including phenoxy) is 4. The maximum atomic E-state index is 11.8. The van der Waals surface area contributed by atoms with Gasteiger partial charge < -0.3 is 24.7 Å². The zero-order valence-corrected chi connectivity index (χ0v) is 14.8. The molecule has 144 valence electrons. The van der Waals surface area contributed by atoms with Gasteiger partial charge in [0.25, 0.3) is 0 Å². The Hall–Kier alpha value is -2.46. The second kappa shape index (κ2) is 9.30. The minimum Gasteiger partial charge on any atom is -0.461 e. The maximum Gasteiger partial charge on any atom is 0.351 e. The SMILES string of the molecule is CC(C)OC(=O)COCC(=O)OCC1CCC(n2ccc(N)nc2=O)O1. The number of esters is 2. The number of hydrogen-bond donors (Lipinski definition) is 1. The number of carbonyl (C=O) groups excluding carboxylic acids is 2. The van der Waals surface area contributed by atoms with Crippen molar-refractivity contribution in [2.45, 2.75) is 45.1 Å². The molecule has 0 aliphatic carbocycles. The summed E-state index contributed by atoms with van der Waals surface area (Å²) in [6, 6.07) is 1.51. The number of nitrogens with two attached hydrogens (primary N) is 1. The van der Waals surface area contributed by atoms with Crippen LogP contribution in [0.5, 0.6) is 0 Å². The number of nitrogen functional groups attached to an aromatic ring is 1. The predicted molar refractivity (Wildman–Crippen MR) is 89.1 cm³/mol. The Morgan fingerprint density at radius 1 is 1.35 bits per heavy atom. The third kappa shape index (κ3) is 6.12. The van der Waals surface area contributed by atoms with E-state index in [0.29, 0.717) is 12.8 Å². The quantitative estimate of drug-likeness (QED) is 0.629. The van der Waals surface area contributed by atoms with E-state index in [-0.39, 0.29) is 37.8 Å². The molecule has 2 N–H and O–H groups in total. The highest BCUT2D eigenvalue weighted by Crippen LogP contribution is 2.27. The molecule has 2 unspecified atom stereocenters. The topological polar surface area (TPSA) is 132 Å². The first-order chi connectivity index (χ1) is 12.3. The molecule has 0 amide bonds. The van der Waals surface area contributed by atoms with Crippen molar-refractivity contribution < 1.29 is 28.5 Å². The molecule has 0 bridgehead atoms. The van der Waals surface area contributed by atoms with Crippen LogP contribution in [0.1, 0.15) is 32.9 Å². The molecular formula is C16H23N3O7. The average Bonchev–Trinajstić information content (AvgIpc) is 3.01. The minimum atomic E-state index is -0.610. The first kappa shape index (κ1) is 19.9. The van der Waals surface area contributed by atoms with Crippen molar-refractivity contribution in [2.24, 2.45) is 0 Å². The standard InChI is InChI=1S/C16H23N3O7/c1-10(2)25-15(21)9-23-8-14(20)24-7-11-3-4-13(26-11)19-6-5-12(17)18-16(19)22/h5-6,10-11,13H,3-4,7-9H2,1-2H3,(H2,17,18,22). The highest BCUT2D eigenvalue weighted by atomic mass is 16.6. The molecule has 10 nitrogen and oxygen atoms in total. The van der Waals surface area contributed by atoms with Gasteiger partial charge in [-0.05, 0) is 32.8 Å². The van der Waals surface area contributed by atoms with Gasteiger partial charge in [-0.1, -0.05) is 0 Å². The molecular weight excluding hydrogens is 346 g/mol. The molecule has 26 heavy (non-hydrogen) atoms. The van der Waals surface area contributed by atoms with Crippen LogP contribution >= 0.6 is 0 Å². The molecule has 10 heteroatoms. The van der Waals surface area contributed by atoms with Crippen molar-refractivity contribution >= 4 is 17.8 Å². The summed E-state index contributed by atoms with van der Waals surface area (Å²) in [6.45, 7) is 2.80. The summed E-state index contributed by atoms with van der Waals surface area (Å²) in [5, 5.41) is 0. The fraction of sp³-hybridized carbons (Fsp3) is 0.625. The second-order valence-corrected chi connectivity index (χ2v) is 6.05. The normalized spacial score (nSPS) is 19.5. The van der Waals surface area contributed by atoms with Gasteiger partial charge >= 0.3 is 17.6 Å². The van der Waals surface area contributed by atoms with E-state index in [0.717, 1.165) is 0 Å². The van der Waals surface area contributed by atoms with Crippen molar-refractivity contribution in [3.63, 3.8) is 0 Å². The van der Waals surface area contributed by atoms with Gasteiger partial charge in [0, 0.05) is 6.20 Å². The molecule has 0 aromatic carbocycles. The van der Waals surface area contributed by atoms with Crippen LogP contribution in [0.4, 0.5) is 5.82 Å². The molecule has 1 aliphatic rings. The molecule has 1 fully saturated rings. The molecule has 0 radical (unpaired) electrons. The minimum absolute atomic E-state index is 0.0340. The summed E-state index contributed by atoms with van der Waals surface area (Å²) in [7, 11) is 0. The van der Waals surface area contributed by atoms with Crippen LogP contribution in [0.2, 0.25) is 0 Å². The van der Waals surface area contributed by atoms with Crippen LogP contribution in [0.3, 0.4) is 0 Å². The third-order valence-electron chi connectivity index (χ3n) is 3.48. The molecule has 0 spiro atoms. The van der Waals surface area contributed by atoms with Gasteiger partial charge in [-0.15, -0.1) is 0 Å². The first-order valence-electron chi connectivity index (χ1n) is 8.28. The van der Waals surface area contributed by atoms with Crippen molar-refractivity contribution in [1.29, 1.82) is 0 Å². The van der Waals surface area contributed by atoms with E-state index in [9.17, 15) is 14.4 Å². The Bertz CT molecular complexity index is 689. The molecule has 2 heterocycles. The van der Waals surface area contributed by atoms with Crippen LogP contribution in [-0.2, 0) is 28.5 Å². The van der Waals surface area contributed by atoms with E-state index in [2.05, 4.69) is 4.98 Å². The lowest BCUT2D eigenvalue weighted by Crippen LogP contribution is -2.28. The van der Waals surface area contributed by atoms with Gasteiger partial charge in [-0.3, -0.25) is 4.57 Å². The van der Waals surface area contributed by atoms with Crippen molar-refractivity contribution in [3.8, 4) is 0 Å². The molecule has 1 aromatic heterocycles. The van der Waals surface area contributed by atoms with Crippen LogP contribution in [-0.4, -0.2) is 53.5 Å². The molecule has 1 aliphatic heterocycles. The Morgan fingerprint density at radius 2 is 2.08 bits per heavy atom. The lowest BCUT2D eigenvalue weighted by atomic mass is 10.2. The summed E-state index contributed by atoms with van der Waals surface area (Å²) in [4.78, 5) is 38.3. The van der Waals surface area contributed by atoms with Gasteiger partial charge in [0.05, 0.1) is 12.2 Å². The van der Waals surface area contributed by atoms with Crippen molar-refractivity contribution in [2.75, 3.05) is 25.6 Å². The molecule has 0 saturated carbocycles. The summed E-state index contributed by atoms with van der Waals surface area (Å²) in [5.41, 5.74) is 4.96. The van der Waals surface area contributed by atoms with E-state index >= 15 is 0 Å². The monoisotopic (exact) mass is 369 g/mol. The van der Waals surface area contributed by atoms with Crippen molar-refractivity contribution in [3.05, 3.63) is 22.7 Å². The lowest BCUT2D eigenvalue weighted by Gasteiger charge is -2.15. The number of aromatic nitrogens is 2. The van der Waals surface area contributed by atoms with Crippen LogP contribution in [0.15, 0.2) is 17.1 Å². The molecule has 2 rings (SSSR count). The predicted octanol–water partition coefficient (Wildman–Crippen LogP) is 0.0145. The van der Waals surface area contributed by atoms with Gasteiger partial charge in [-0.2, -0.15) is 4.98 Å². The lowest BCUT2D eigenvalue weighted by molar-refractivity contribution is -0.159. The van der Waals surface area contributed by atoms with Crippen LogP contribution < -0.4 is 11.4 Å². The maximum absolute atomic E-state index is 11.8. The highest BCUT2D eigenvalue weighted by Gasteiger charge is 2.28. The van der Waals surface area contributed by atoms with Crippen LogP contribution in [0, 0.1) is 0 Å². The third-order valence-corrected chi connectivity index (χ3v) is 3.48. The van der Waals surface area contributed by atoms with E-state index in [1.165, 1.54) is 16.8 Å². The number of nitrogens with zero attached hydrogens (tertiary/aromatic N) is 2. The number of anilines is 1. The van der Waals surface area contributed by atoms with Gasteiger partial charge in [-0.25, -0.2) is 14.4 Å². The fourth-order valence-electron chi connectivity index (χ4n) is 2.40. The van der Waals surface area contributed by atoms with Gasteiger partial charge in [0.2, 0.25) is 0 Å². The van der Waals surface area contributed by atoms with Crippen LogP contribution in [0.25, 0.3) is 0 Å². The highest BCUT2D eigenvalue weighted by molar-refractivity contribution is 5.73. The van der Waals surface area contributed by atoms with E-state index in [4.69, 9.17) is 24.7 Å². The number of hydrogen-bond acceptors (Lipinski definition) is 9. The summed E-state index contributed by atoms with van der Waals surface area (Å²) in [6.07, 6.45) is 1.69. The van der Waals surface area contributed by atoms with Gasteiger partial charge in [0.15, 0.2) is 0 Å². The Morgan fingerprint density at radius 3 is 2.77 bits per heavy atom.